The molecule has 0 bridgehead atoms. The lowest BCUT2D eigenvalue weighted by Crippen LogP contribution is -2.34. The average molecular weight is 329 g/mol. The van der Waals surface area contributed by atoms with Crippen LogP contribution < -0.4 is 10.6 Å². The maximum atomic E-state index is 11.5. The highest BCUT2D eigenvalue weighted by molar-refractivity contribution is 9.10. The van der Waals surface area contributed by atoms with Crippen LogP contribution in [0, 0.1) is 6.92 Å². The van der Waals surface area contributed by atoms with Gasteiger partial charge in [-0.1, -0.05) is 12.1 Å². The zero-order chi connectivity index (χ0) is 14.4. The van der Waals surface area contributed by atoms with Gasteiger partial charge in [0.15, 0.2) is 0 Å². The summed E-state index contributed by atoms with van der Waals surface area (Å²) in [5.41, 5.74) is 1.47. The first kappa shape index (κ1) is 15.2. The summed E-state index contributed by atoms with van der Waals surface area (Å²) in [6.45, 7) is 1.87. The van der Waals surface area contributed by atoms with Gasteiger partial charge in [0.1, 0.15) is 0 Å². The Hall–Kier alpha value is -1.89. The van der Waals surface area contributed by atoms with Crippen molar-refractivity contribution in [3.05, 3.63) is 28.2 Å². The van der Waals surface area contributed by atoms with Crippen LogP contribution in [0.2, 0.25) is 0 Å². The van der Waals surface area contributed by atoms with Crippen LogP contribution in [0.3, 0.4) is 0 Å². The molecule has 0 saturated heterocycles. The summed E-state index contributed by atoms with van der Waals surface area (Å²) >= 11 is 3.32. The van der Waals surface area contributed by atoms with Gasteiger partial charge in [-0.25, -0.2) is 4.79 Å². The van der Waals surface area contributed by atoms with Crippen LogP contribution in [0.25, 0.3) is 0 Å². The molecular weight excluding hydrogens is 316 g/mol. The van der Waals surface area contributed by atoms with Gasteiger partial charge in [-0.2, -0.15) is 0 Å². The summed E-state index contributed by atoms with van der Waals surface area (Å²) < 4.78 is 0.725. The van der Waals surface area contributed by atoms with Gasteiger partial charge in [0.2, 0.25) is 5.91 Å². The molecule has 0 heterocycles. The molecule has 102 valence electrons. The Labute approximate surface area is 118 Å². The molecule has 7 heteroatoms. The second-order valence-electron chi connectivity index (χ2n) is 3.83. The third-order valence-corrected chi connectivity index (χ3v) is 3.31. The van der Waals surface area contributed by atoms with Crippen molar-refractivity contribution in [3.8, 4) is 0 Å². The first-order valence-corrected chi connectivity index (χ1v) is 6.27. The van der Waals surface area contributed by atoms with Crippen LogP contribution in [-0.4, -0.2) is 23.0 Å². The predicted octanol–water partition coefficient (Wildman–Crippen LogP) is 2.27. The lowest BCUT2D eigenvalue weighted by Gasteiger charge is -2.09. The molecule has 0 unspecified atom stereocenters. The van der Waals surface area contributed by atoms with E-state index in [1.807, 2.05) is 13.0 Å². The summed E-state index contributed by atoms with van der Waals surface area (Å²) in [6.07, 6.45) is -0.551. The number of carboxylic acids is 1. The van der Waals surface area contributed by atoms with E-state index in [9.17, 15) is 14.4 Å². The lowest BCUT2D eigenvalue weighted by atomic mass is 10.2. The molecule has 0 fully saturated rings. The Morgan fingerprint density at radius 3 is 2.58 bits per heavy atom. The van der Waals surface area contributed by atoms with E-state index in [1.165, 1.54) is 0 Å². The van der Waals surface area contributed by atoms with Crippen LogP contribution >= 0.6 is 15.9 Å². The number of carbonyl (C=O) groups is 3. The normalized spacial score (nSPS) is 9.79. The van der Waals surface area contributed by atoms with Crippen molar-refractivity contribution in [1.82, 2.24) is 5.32 Å². The summed E-state index contributed by atoms with van der Waals surface area (Å²) in [6, 6.07) is 4.62. The number of aliphatic carboxylic acids is 1. The number of amides is 3. The summed E-state index contributed by atoms with van der Waals surface area (Å²) in [5.74, 6) is -1.72. The van der Waals surface area contributed by atoms with E-state index in [0.717, 1.165) is 10.0 Å². The molecule has 0 atom stereocenters. The molecule has 0 saturated carbocycles. The minimum absolute atomic E-state index is 0.238. The number of urea groups is 1. The summed E-state index contributed by atoms with van der Waals surface area (Å²) in [5, 5.41) is 13.0. The third kappa shape index (κ3) is 5.09. The van der Waals surface area contributed by atoms with Crippen molar-refractivity contribution in [2.45, 2.75) is 19.8 Å². The highest BCUT2D eigenvalue weighted by Gasteiger charge is 2.11. The van der Waals surface area contributed by atoms with Crippen molar-refractivity contribution < 1.29 is 19.5 Å². The van der Waals surface area contributed by atoms with Gasteiger partial charge >= 0.3 is 12.0 Å². The van der Waals surface area contributed by atoms with Crippen molar-refractivity contribution in [3.63, 3.8) is 0 Å². The predicted molar refractivity (Wildman–Crippen MR) is 72.9 cm³/mol. The van der Waals surface area contributed by atoms with E-state index in [0.29, 0.717) is 5.69 Å². The van der Waals surface area contributed by atoms with Gasteiger partial charge in [0.25, 0.3) is 0 Å². The minimum atomic E-state index is -1.09. The van der Waals surface area contributed by atoms with Crippen LogP contribution in [0.5, 0.6) is 0 Å². The number of hydrogen-bond donors (Lipinski definition) is 3. The van der Waals surface area contributed by atoms with Crippen LogP contribution in [0.4, 0.5) is 10.5 Å². The van der Waals surface area contributed by atoms with Crippen LogP contribution in [-0.2, 0) is 9.59 Å². The zero-order valence-corrected chi connectivity index (χ0v) is 11.8. The Balaban J connectivity index is 2.53. The minimum Gasteiger partial charge on any atom is -0.481 e. The number of benzene rings is 1. The molecule has 0 radical (unpaired) electrons. The van der Waals surface area contributed by atoms with E-state index in [1.54, 1.807) is 12.1 Å². The first-order chi connectivity index (χ1) is 8.90. The highest BCUT2D eigenvalue weighted by atomic mass is 79.9. The molecule has 3 N–H and O–H groups in total. The summed E-state index contributed by atoms with van der Waals surface area (Å²) in [4.78, 5) is 33.0. The van der Waals surface area contributed by atoms with Crippen molar-refractivity contribution in [2.24, 2.45) is 0 Å². The molecule has 0 aromatic heterocycles. The van der Waals surface area contributed by atoms with E-state index in [2.05, 4.69) is 26.6 Å². The van der Waals surface area contributed by atoms with Gasteiger partial charge in [-0.15, -0.1) is 0 Å². The second-order valence-corrected chi connectivity index (χ2v) is 4.63. The number of imide groups is 1. The van der Waals surface area contributed by atoms with Gasteiger partial charge in [0.05, 0.1) is 12.1 Å². The number of halogens is 1. The second kappa shape index (κ2) is 6.89. The van der Waals surface area contributed by atoms with Gasteiger partial charge in [0, 0.05) is 10.9 Å². The molecule has 3 amide bonds. The molecular formula is C12H13BrN2O4. The van der Waals surface area contributed by atoms with Crippen molar-refractivity contribution in [2.75, 3.05) is 5.32 Å². The Kier molecular flexibility index (Phi) is 5.50. The third-order valence-electron chi connectivity index (χ3n) is 2.26. The maximum Gasteiger partial charge on any atom is 0.325 e. The van der Waals surface area contributed by atoms with E-state index in [4.69, 9.17) is 5.11 Å². The number of hydrogen-bond acceptors (Lipinski definition) is 3. The average Bonchev–Trinajstić information content (AvgIpc) is 2.32. The number of aryl methyl sites for hydroxylation is 1. The van der Waals surface area contributed by atoms with E-state index >= 15 is 0 Å². The molecule has 1 rings (SSSR count). The number of nitrogens with one attached hydrogen (secondary N) is 2. The van der Waals surface area contributed by atoms with Crippen LogP contribution in [0.1, 0.15) is 18.4 Å². The number of anilines is 1. The molecule has 1 aromatic carbocycles. The first-order valence-electron chi connectivity index (χ1n) is 5.48. The number of carboxylic acid groups (broad SMARTS) is 1. The molecule has 19 heavy (non-hydrogen) atoms. The smallest absolute Gasteiger partial charge is 0.325 e. The van der Waals surface area contributed by atoms with Gasteiger partial charge < -0.3 is 10.4 Å². The topological polar surface area (TPSA) is 95.5 Å². The SMILES string of the molecule is Cc1cccc(NC(=O)NC(=O)CCC(=O)O)c1Br. The van der Waals surface area contributed by atoms with Crippen molar-refractivity contribution >= 4 is 39.5 Å². The standard InChI is InChI=1S/C12H13BrN2O4/c1-7-3-2-4-8(11(7)13)14-12(19)15-9(16)5-6-10(17)18/h2-4H,5-6H2,1H3,(H,17,18)(H2,14,15,16,19). The Bertz CT molecular complexity index is 516. The van der Waals surface area contributed by atoms with Gasteiger partial charge in [-0.05, 0) is 34.5 Å². The molecule has 0 aliphatic heterocycles. The van der Waals surface area contributed by atoms with Crippen LogP contribution in [0.15, 0.2) is 22.7 Å². The van der Waals surface area contributed by atoms with Gasteiger partial charge in [-0.3, -0.25) is 14.9 Å². The molecule has 0 aliphatic rings. The molecule has 6 nitrogen and oxygen atoms in total. The highest BCUT2D eigenvalue weighted by Crippen LogP contribution is 2.25. The largest absolute Gasteiger partial charge is 0.481 e. The fourth-order valence-electron chi connectivity index (χ4n) is 1.31. The molecule has 1 aromatic rings. The number of carbonyl (C=O) groups excluding carboxylic acids is 2. The maximum absolute atomic E-state index is 11.5. The molecule has 0 spiro atoms. The fourth-order valence-corrected chi connectivity index (χ4v) is 1.67. The monoisotopic (exact) mass is 328 g/mol. The van der Waals surface area contributed by atoms with E-state index < -0.39 is 17.9 Å². The quantitative estimate of drug-likeness (QED) is 0.790. The molecule has 0 aliphatic carbocycles. The lowest BCUT2D eigenvalue weighted by molar-refractivity contribution is -0.138. The zero-order valence-electron chi connectivity index (χ0n) is 10.2. The number of rotatable bonds is 4. The Morgan fingerprint density at radius 2 is 1.95 bits per heavy atom. The summed E-state index contributed by atoms with van der Waals surface area (Å²) in [7, 11) is 0. The van der Waals surface area contributed by atoms with Crippen molar-refractivity contribution in [1.29, 1.82) is 0 Å². The fraction of sp³-hybridized carbons (Fsp3) is 0.250. The van der Waals surface area contributed by atoms with E-state index in [-0.39, 0.29) is 12.8 Å². The Morgan fingerprint density at radius 1 is 1.26 bits per heavy atom.